The van der Waals surface area contributed by atoms with Crippen molar-refractivity contribution < 1.29 is 8.42 Å². The summed E-state index contributed by atoms with van der Waals surface area (Å²) in [6, 6.07) is 6.17. The number of anilines is 1. The van der Waals surface area contributed by atoms with E-state index in [9.17, 15) is 8.42 Å². The third-order valence-corrected chi connectivity index (χ3v) is 4.33. The van der Waals surface area contributed by atoms with Crippen LogP contribution in [0, 0.1) is 0 Å². The summed E-state index contributed by atoms with van der Waals surface area (Å²) in [5, 5.41) is 6.10. The first kappa shape index (κ1) is 11.0. The Bertz CT molecular complexity index is 621. The molecular formula is C9H8ClN3O2S. The number of aromatic nitrogens is 2. The number of aromatic amines is 1. The maximum Gasteiger partial charge on any atom is 0.213 e. The fourth-order valence-corrected chi connectivity index (χ4v) is 3.07. The molecule has 16 heavy (non-hydrogen) atoms. The van der Waals surface area contributed by atoms with Crippen LogP contribution in [0.2, 0.25) is 5.02 Å². The molecule has 7 heteroatoms. The number of hydrogen-bond donors (Lipinski definition) is 2. The number of nitrogen functional groups attached to an aromatic ring is 1. The zero-order valence-electron chi connectivity index (χ0n) is 8.01. The topological polar surface area (TPSA) is 88.8 Å². The molecule has 1 aromatic heterocycles. The highest BCUT2D eigenvalue weighted by Crippen LogP contribution is 2.28. The van der Waals surface area contributed by atoms with Crippen LogP contribution in [0.4, 0.5) is 5.82 Å². The molecule has 0 radical (unpaired) electrons. The molecule has 0 bridgehead atoms. The van der Waals surface area contributed by atoms with E-state index in [0.29, 0.717) is 0 Å². The van der Waals surface area contributed by atoms with Crippen LogP contribution >= 0.6 is 11.6 Å². The van der Waals surface area contributed by atoms with Crippen LogP contribution in [0.3, 0.4) is 0 Å². The second kappa shape index (κ2) is 3.80. The first-order valence-corrected chi connectivity index (χ1v) is 6.18. The summed E-state index contributed by atoms with van der Waals surface area (Å²) in [5.41, 5.74) is 5.47. The molecule has 0 saturated heterocycles. The highest BCUT2D eigenvalue weighted by atomic mass is 35.5. The Balaban J connectivity index is 2.66. The zero-order chi connectivity index (χ0) is 11.8. The Morgan fingerprint density at radius 1 is 1.25 bits per heavy atom. The van der Waals surface area contributed by atoms with E-state index in [0.717, 1.165) is 6.20 Å². The number of H-pyrrole nitrogens is 1. The number of nitrogens with zero attached hydrogens (tertiary/aromatic N) is 1. The second-order valence-corrected chi connectivity index (χ2v) is 5.38. The van der Waals surface area contributed by atoms with Crippen LogP contribution in [0.15, 0.2) is 40.3 Å². The molecule has 0 spiro atoms. The lowest BCUT2D eigenvalue weighted by Gasteiger charge is -2.04. The quantitative estimate of drug-likeness (QED) is 0.853. The lowest BCUT2D eigenvalue weighted by Crippen LogP contribution is -2.04. The van der Waals surface area contributed by atoms with Crippen molar-refractivity contribution in [2.45, 2.75) is 9.79 Å². The molecule has 2 aromatic rings. The molecule has 0 fully saturated rings. The van der Waals surface area contributed by atoms with E-state index in [1.54, 1.807) is 12.1 Å². The molecule has 0 aliphatic carbocycles. The van der Waals surface area contributed by atoms with Crippen LogP contribution in [0.1, 0.15) is 0 Å². The molecule has 0 aliphatic rings. The first-order chi connectivity index (χ1) is 7.53. The van der Waals surface area contributed by atoms with Crippen LogP contribution in [-0.2, 0) is 9.84 Å². The van der Waals surface area contributed by atoms with Crippen molar-refractivity contribution in [3.05, 3.63) is 35.5 Å². The van der Waals surface area contributed by atoms with Crippen molar-refractivity contribution in [1.29, 1.82) is 0 Å². The van der Waals surface area contributed by atoms with Gasteiger partial charge in [-0.1, -0.05) is 23.7 Å². The van der Waals surface area contributed by atoms with Crippen molar-refractivity contribution in [1.82, 2.24) is 10.2 Å². The van der Waals surface area contributed by atoms with Crippen molar-refractivity contribution in [3.8, 4) is 0 Å². The third-order valence-electron chi connectivity index (χ3n) is 2.05. The van der Waals surface area contributed by atoms with E-state index < -0.39 is 9.84 Å². The summed E-state index contributed by atoms with van der Waals surface area (Å²) >= 11 is 5.83. The largest absolute Gasteiger partial charge is 0.383 e. The normalized spacial score (nSPS) is 11.6. The van der Waals surface area contributed by atoms with Crippen molar-refractivity contribution in [2.75, 3.05) is 5.73 Å². The Morgan fingerprint density at radius 2 is 1.94 bits per heavy atom. The minimum Gasteiger partial charge on any atom is -0.383 e. The van der Waals surface area contributed by atoms with E-state index in [2.05, 4.69) is 10.2 Å². The number of sulfone groups is 1. The fraction of sp³-hybridized carbons (Fsp3) is 0. The van der Waals surface area contributed by atoms with Gasteiger partial charge in [0.15, 0.2) is 0 Å². The summed E-state index contributed by atoms with van der Waals surface area (Å²) < 4.78 is 24.2. The summed E-state index contributed by atoms with van der Waals surface area (Å²) in [7, 11) is -3.71. The van der Waals surface area contributed by atoms with E-state index in [1.165, 1.54) is 12.1 Å². The van der Waals surface area contributed by atoms with Gasteiger partial charge in [0.1, 0.15) is 10.7 Å². The predicted molar refractivity (Wildman–Crippen MR) is 59.9 cm³/mol. The van der Waals surface area contributed by atoms with Gasteiger partial charge in [0, 0.05) is 0 Å². The van der Waals surface area contributed by atoms with E-state index >= 15 is 0 Å². The molecule has 84 valence electrons. The van der Waals surface area contributed by atoms with E-state index in [-0.39, 0.29) is 20.6 Å². The number of halogens is 1. The average Bonchev–Trinajstić information content (AvgIpc) is 2.65. The average molecular weight is 258 g/mol. The van der Waals surface area contributed by atoms with E-state index in [1.807, 2.05) is 0 Å². The minimum absolute atomic E-state index is 0.0000743. The van der Waals surface area contributed by atoms with Crippen molar-refractivity contribution >= 4 is 27.3 Å². The molecule has 3 N–H and O–H groups in total. The van der Waals surface area contributed by atoms with Gasteiger partial charge in [0.05, 0.1) is 16.1 Å². The van der Waals surface area contributed by atoms with Crippen LogP contribution in [-0.4, -0.2) is 18.6 Å². The number of rotatable bonds is 2. The Labute approximate surface area is 97.2 Å². The predicted octanol–water partition coefficient (Wildman–Crippen LogP) is 1.48. The fourth-order valence-electron chi connectivity index (χ4n) is 1.28. The molecule has 0 aliphatic heterocycles. The zero-order valence-corrected chi connectivity index (χ0v) is 9.59. The molecule has 1 heterocycles. The van der Waals surface area contributed by atoms with E-state index in [4.69, 9.17) is 17.3 Å². The monoisotopic (exact) mass is 257 g/mol. The summed E-state index contributed by atoms with van der Waals surface area (Å²) in [4.78, 5) is -0.0506. The van der Waals surface area contributed by atoms with Gasteiger partial charge in [-0.3, -0.25) is 5.10 Å². The van der Waals surface area contributed by atoms with Crippen molar-refractivity contribution in [2.24, 2.45) is 0 Å². The van der Waals surface area contributed by atoms with Gasteiger partial charge >= 0.3 is 0 Å². The van der Waals surface area contributed by atoms with Crippen LogP contribution in [0.25, 0.3) is 0 Å². The lowest BCUT2D eigenvalue weighted by atomic mass is 10.4. The third kappa shape index (κ3) is 1.66. The standard InChI is InChI=1S/C9H8ClN3O2S/c10-6-3-1-2-4-7(6)16(14,15)8-5-12-13-9(8)11/h1-5H,(H3,11,12,13). The van der Waals surface area contributed by atoms with Crippen LogP contribution < -0.4 is 5.73 Å². The van der Waals surface area contributed by atoms with Gasteiger partial charge in [-0.15, -0.1) is 0 Å². The molecule has 5 nitrogen and oxygen atoms in total. The number of nitrogens with one attached hydrogen (secondary N) is 1. The molecular weight excluding hydrogens is 250 g/mol. The first-order valence-electron chi connectivity index (χ1n) is 4.32. The Morgan fingerprint density at radius 3 is 2.50 bits per heavy atom. The highest BCUT2D eigenvalue weighted by molar-refractivity contribution is 7.91. The number of nitrogens with two attached hydrogens (primary N) is 1. The number of benzene rings is 1. The highest BCUT2D eigenvalue weighted by Gasteiger charge is 2.24. The summed E-state index contributed by atoms with van der Waals surface area (Å²) in [6.45, 7) is 0. The van der Waals surface area contributed by atoms with Crippen molar-refractivity contribution in [3.63, 3.8) is 0 Å². The molecule has 0 saturated carbocycles. The van der Waals surface area contributed by atoms with Gasteiger partial charge in [-0.05, 0) is 12.1 Å². The molecule has 0 amide bonds. The SMILES string of the molecule is Nc1[nH]ncc1S(=O)(=O)c1ccccc1Cl. The second-order valence-electron chi connectivity index (χ2n) is 3.08. The van der Waals surface area contributed by atoms with Gasteiger partial charge < -0.3 is 5.73 Å². The van der Waals surface area contributed by atoms with Gasteiger partial charge in [0.25, 0.3) is 0 Å². The Kier molecular flexibility index (Phi) is 2.61. The maximum atomic E-state index is 12.1. The summed E-state index contributed by atoms with van der Waals surface area (Å²) in [5.74, 6) is -0.0000743. The molecule has 0 atom stereocenters. The minimum atomic E-state index is -3.71. The van der Waals surface area contributed by atoms with Gasteiger partial charge in [0.2, 0.25) is 9.84 Å². The lowest BCUT2D eigenvalue weighted by molar-refractivity contribution is 0.596. The molecule has 1 aromatic carbocycles. The maximum absolute atomic E-state index is 12.1. The van der Waals surface area contributed by atoms with Gasteiger partial charge in [-0.25, -0.2) is 8.42 Å². The smallest absolute Gasteiger partial charge is 0.213 e. The van der Waals surface area contributed by atoms with Gasteiger partial charge in [-0.2, -0.15) is 5.10 Å². The summed E-state index contributed by atoms with van der Waals surface area (Å²) in [6.07, 6.45) is 1.16. The van der Waals surface area contributed by atoms with Crippen LogP contribution in [0.5, 0.6) is 0 Å². The Hall–Kier alpha value is -1.53. The molecule has 2 rings (SSSR count). The number of hydrogen-bond acceptors (Lipinski definition) is 4. The molecule has 0 unspecified atom stereocenters.